The second-order valence-electron chi connectivity index (χ2n) is 1.84. The molecule has 0 aromatic rings. The number of carbonyl (C=O) groups is 2. The molecule has 0 rings (SSSR count). The van der Waals surface area contributed by atoms with Crippen molar-refractivity contribution >= 4 is 12.0 Å². The molecule has 0 fully saturated rings. The third-order valence-corrected chi connectivity index (χ3v) is 0.823. The highest BCUT2D eigenvalue weighted by molar-refractivity contribution is 5.76. The van der Waals surface area contributed by atoms with E-state index in [9.17, 15) is 9.59 Å². The predicted octanol–water partition coefficient (Wildman–Crippen LogP) is 0.141. The average Bonchev–Trinajstić information content (AvgIpc) is 1.86. The number of nitrogens with zero attached hydrogens (tertiary/aromatic N) is 2. The summed E-state index contributed by atoms with van der Waals surface area (Å²) < 4.78 is 4.55. The zero-order valence-electron chi connectivity index (χ0n) is 6.83. The first kappa shape index (κ1) is 9.74. The number of hydrogen-bond donors (Lipinski definition) is 0. The summed E-state index contributed by atoms with van der Waals surface area (Å²) in [4.78, 5) is 21.1. The van der Waals surface area contributed by atoms with Crippen LogP contribution in [0.4, 0.5) is 4.79 Å². The van der Waals surface area contributed by atoms with Crippen LogP contribution in [0.1, 0.15) is 13.8 Å². The summed E-state index contributed by atoms with van der Waals surface area (Å²) in [6.07, 6.45) is -0.622. The van der Waals surface area contributed by atoms with E-state index in [0.717, 1.165) is 5.01 Å². The van der Waals surface area contributed by atoms with Crippen LogP contribution in [0.5, 0.6) is 0 Å². The molecule has 0 atom stereocenters. The Kier molecular flexibility index (Phi) is 4.02. The summed E-state index contributed by atoms with van der Waals surface area (Å²) in [6.45, 7) is 3.21. The molecule has 5 nitrogen and oxygen atoms in total. The van der Waals surface area contributed by atoms with Gasteiger partial charge in [-0.25, -0.2) is 4.79 Å². The van der Waals surface area contributed by atoms with Crippen LogP contribution in [0.25, 0.3) is 0 Å². The van der Waals surface area contributed by atoms with Gasteiger partial charge in [0.1, 0.15) is 0 Å². The molecule has 0 aliphatic heterocycles. The van der Waals surface area contributed by atoms with E-state index in [1.807, 2.05) is 0 Å². The molecule has 0 N–H and O–H groups in total. The van der Waals surface area contributed by atoms with E-state index in [0.29, 0.717) is 0 Å². The minimum absolute atomic E-state index is 0.274. The van der Waals surface area contributed by atoms with E-state index in [1.54, 1.807) is 6.92 Å². The third kappa shape index (κ3) is 4.19. The largest absolute Gasteiger partial charge is 0.448 e. The first-order chi connectivity index (χ1) is 5.07. The summed E-state index contributed by atoms with van der Waals surface area (Å²) in [6, 6.07) is 0. The van der Waals surface area contributed by atoms with Crippen LogP contribution in [0, 0.1) is 0 Å². The number of rotatable bonds is 1. The first-order valence-corrected chi connectivity index (χ1v) is 3.20. The predicted molar refractivity (Wildman–Crippen MR) is 37.6 cm³/mol. The minimum atomic E-state index is -0.622. The van der Waals surface area contributed by atoms with Crippen LogP contribution >= 0.6 is 0 Å². The summed E-state index contributed by atoms with van der Waals surface area (Å²) in [5.41, 5.74) is 3.32. The lowest BCUT2D eigenvalue weighted by Gasteiger charge is -2.12. The van der Waals surface area contributed by atoms with Crippen LogP contribution in [0.2, 0.25) is 0 Å². The van der Waals surface area contributed by atoms with Crippen LogP contribution in [0.3, 0.4) is 0 Å². The first-order valence-electron chi connectivity index (χ1n) is 3.20. The third-order valence-electron chi connectivity index (χ3n) is 0.823. The highest BCUT2D eigenvalue weighted by Gasteiger charge is 2.11. The lowest BCUT2D eigenvalue weighted by atomic mass is 10.7. The molecule has 5 heteroatoms. The average molecular weight is 159 g/mol. The van der Waals surface area contributed by atoms with Gasteiger partial charge in [0.15, 0.2) is 0 Å². The van der Waals surface area contributed by atoms with Crippen molar-refractivity contribution in [3.8, 4) is 0 Å². The molecule has 0 aromatic carbocycles. The van der Waals surface area contributed by atoms with Gasteiger partial charge in [-0.2, -0.15) is 5.01 Å². The molecule has 2 amide bonds. The summed E-state index contributed by atoms with van der Waals surface area (Å²) in [5, 5.41) is 0.867. The molecule has 0 unspecified atom stereocenters. The number of hydrogen-bond acceptors (Lipinski definition) is 3. The van der Waals surface area contributed by atoms with Gasteiger partial charge in [0.2, 0.25) is 0 Å². The van der Waals surface area contributed by atoms with Gasteiger partial charge < -0.3 is 4.74 Å². The Labute approximate surface area is 65.3 Å². The second kappa shape index (κ2) is 4.54. The molecular weight excluding hydrogens is 148 g/mol. The van der Waals surface area contributed by atoms with Crippen molar-refractivity contribution in [3.05, 3.63) is 0 Å². The Balaban J connectivity index is 3.73. The maximum Gasteiger partial charge on any atom is 0.430 e. The molecule has 0 aliphatic rings. The van der Waals surface area contributed by atoms with Crippen LogP contribution in [-0.2, 0) is 9.53 Å². The van der Waals surface area contributed by atoms with Gasteiger partial charge in [-0.15, -0.1) is 5.43 Å². The standard InChI is InChI=1S/C6H11N2O3/c1-4-11-6(10)8(3)7-5(2)9/h4H2,1-3H3. The molecular formula is C6H11N2O3. The summed E-state index contributed by atoms with van der Waals surface area (Å²) in [5.74, 6) is -0.430. The molecule has 0 bridgehead atoms. The maximum absolute atomic E-state index is 10.7. The Bertz CT molecular complexity index is 158. The molecule has 0 heterocycles. The molecule has 63 valence electrons. The Morgan fingerprint density at radius 2 is 2.09 bits per heavy atom. The van der Waals surface area contributed by atoms with Gasteiger partial charge in [-0.1, -0.05) is 0 Å². The zero-order chi connectivity index (χ0) is 8.85. The van der Waals surface area contributed by atoms with E-state index >= 15 is 0 Å². The number of amides is 2. The zero-order valence-corrected chi connectivity index (χ0v) is 6.83. The van der Waals surface area contributed by atoms with Crippen molar-refractivity contribution in [2.45, 2.75) is 13.8 Å². The van der Waals surface area contributed by atoms with Crippen molar-refractivity contribution in [2.24, 2.45) is 0 Å². The Hall–Kier alpha value is -1.26. The van der Waals surface area contributed by atoms with Crippen molar-refractivity contribution in [1.29, 1.82) is 0 Å². The number of carbonyl (C=O) groups excluding carboxylic acids is 2. The van der Waals surface area contributed by atoms with E-state index in [2.05, 4.69) is 10.2 Å². The fraction of sp³-hybridized carbons (Fsp3) is 0.667. The smallest absolute Gasteiger partial charge is 0.430 e. The van der Waals surface area contributed by atoms with Gasteiger partial charge in [0, 0.05) is 14.0 Å². The molecule has 1 radical (unpaired) electrons. The van der Waals surface area contributed by atoms with E-state index < -0.39 is 12.0 Å². The molecule has 11 heavy (non-hydrogen) atoms. The van der Waals surface area contributed by atoms with Crippen molar-refractivity contribution in [1.82, 2.24) is 10.4 Å². The highest BCUT2D eigenvalue weighted by Crippen LogP contribution is 1.86. The quantitative estimate of drug-likeness (QED) is 0.511. The molecule has 0 saturated carbocycles. The van der Waals surface area contributed by atoms with Crippen molar-refractivity contribution in [3.63, 3.8) is 0 Å². The second-order valence-corrected chi connectivity index (χ2v) is 1.84. The summed E-state index contributed by atoms with van der Waals surface area (Å²) >= 11 is 0. The van der Waals surface area contributed by atoms with E-state index in [-0.39, 0.29) is 6.61 Å². The van der Waals surface area contributed by atoms with Gasteiger partial charge in [0.05, 0.1) is 6.61 Å². The molecule has 0 saturated heterocycles. The lowest BCUT2D eigenvalue weighted by Crippen LogP contribution is -2.36. The lowest BCUT2D eigenvalue weighted by molar-refractivity contribution is -0.123. The monoisotopic (exact) mass is 159 g/mol. The fourth-order valence-electron chi connectivity index (χ4n) is 0.469. The van der Waals surface area contributed by atoms with Crippen molar-refractivity contribution < 1.29 is 14.3 Å². The van der Waals surface area contributed by atoms with Gasteiger partial charge >= 0.3 is 6.09 Å². The molecule has 0 aliphatic carbocycles. The van der Waals surface area contributed by atoms with Gasteiger partial charge in [-0.05, 0) is 6.92 Å². The Morgan fingerprint density at radius 1 is 1.55 bits per heavy atom. The normalized spacial score (nSPS) is 8.64. The van der Waals surface area contributed by atoms with E-state index in [4.69, 9.17) is 0 Å². The van der Waals surface area contributed by atoms with E-state index in [1.165, 1.54) is 14.0 Å². The highest BCUT2D eigenvalue weighted by atomic mass is 16.6. The SMILES string of the molecule is CCOC(=O)N(C)[N]C(C)=O. The maximum atomic E-state index is 10.7. The number of ether oxygens (including phenoxy) is 1. The van der Waals surface area contributed by atoms with Crippen LogP contribution < -0.4 is 5.43 Å². The minimum Gasteiger partial charge on any atom is -0.448 e. The van der Waals surface area contributed by atoms with Gasteiger partial charge in [-0.3, -0.25) is 4.79 Å². The molecule has 0 aromatic heterocycles. The topological polar surface area (TPSA) is 60.7 Å². The van der Waals surface area contributed by atoms with Crippen LogP contribution in [-0.4, -0.2) is 30.7 Å². The van der Waals surface area contributed by atoms with Gasteiger partial charge in [0.25, 0.3) is 5.91 Å². The fourth-order valence-corrected chi connectivity index (χ4v) is 0.469. The van der Waals surface area contributed by atoms with Crippen molar-refractivity contribution in [2.75, 3.05) is 13.7 Å². The Morgan fingerprint density at radius 3 is 2.45 bits per heavy atom. The van der Waals surface area contributed by atoms with Crippen LogP contribution in [0.15, 0.2) is 0 Å². The molecule has 0 spiro atoms. The summed E-state index contributed by atoms with van der Waals surface area (Å²) in [7, 11) is 1.36.